The van der Waals surface area contributed by atoms with E-state index in [1.165, 1.54) is 30.8 Å². The lowest BCUT2D eigenvalue weighted by Crippen LogP contribution is -2.56. The fraction of sp³-hybridized carbons (Fsp3) is 0.312. The predicted molar refractivity (Wildman–Crippen MR) is 80.8 cm³/mol. The Hall–Kier alpha value is -2.10. The average molecular weight is 314 g/mol. The van der Waals surface area contributed by atoms with Crippen LogP contribution in [0.3, 0.4) is 0 Å². The molecule has 1 amide bonds. The highest BCUT2D eigenvalue weighted by molar-refractivity contribution is 8.00. The van der Waals surface area contributed by atoms with E-state index in [0.717, 1.165) is 4.90 Å². The minimum absolute atomic E-state index is 0.255. The van der Waals surface area contributed by atoms with Gasteiger partial charge in [0.15, 0.2) is 5.60 Å². The van der Waals surface area contributed by atoms with Crippen molar-refractivity contribution in [2.75, 3.05) is 0 Å². The fourth-order valence-electron chi connectivity index (χ4n) is 2.78. The third-order valence-electron chi connectivity index (χ3n) is 3.75. The smallest absolute Gasteiger partial charge is 0.219 e. The van der Waals surface area contributed by atoms with Gasteiger partial charge in [-0.1, -0.05) is 18.2 Å². The van der Waals surface area contributed by atoms with E-state index in [9.17, 15) is 14.9 Å². The van der Waals surface area contributed by atoms with E-state index in [-0.39, 0.29) is 23.4 Å². The van der Waals surface area contributed by atoms with E-state index in [4.69, 9.17) is 4.74 Å². The molecule has 2 bridgehead atoms. The van der Waals surface area contributed by atoms with E-state index >= 15 is 0 Å². The Morgan fingerprint density at radius 2 is 2.18 bits per heavy atom. The molecule has 3 rings (SSSR count). The number of rotatable bonds is 3. The van der Waals surface area contributed by atoms with Gasteiger partial charge in [0.05, 0.1) is 5.25 Å². The van der Waals surface area contributed by atoms with Gasteiger partial charge in [0.2, 0.25) is 17.4 Å². The Bertz CT molecular complexity index is 697. The number of fused-ring (bicyclic) bond motifs is 2. The van der Waals surface area contributed by atoms with Gasteiger partial charge >= 0.3 is 0 Å². The molecular formula is C16H14N2O3S. The molecule has 1 N–H and O–H groups in total. The van der Waals surface area contributed by atoms with Crippen LogP contribution in [0.15, 0.2) is 47.4 Å². The predicted octanol–water partition coefficient (Wildman–Crippen LogP) is 1.80. The van der Waals surface area contributed by atoms with Crippen molar-refractivity contribution in [3.05, 3.63) is 42.5 Å². The normalized spacial score (nSPS) is 32.5. The Labute approximate surface area is 132 Å². The van der Waals surface area contributed by atoms with Crippen LogP contribution in [0.25, 0.3) is 0 Å². The zero-order chi connectivity index (χ0) is 15.8. The van der Waals surface area contributed by atoms with Gasteiger partial charge in [0.1, 0.15) is 6.07 Å². The van der Waals surface area contributed by atoms with Crippen molar-refractivity contribution < 1.29 is 14.3 Å². The van der Waals surface area contributed by atoms with E-state index < -0.39 is 11.3 Å². The summed E-state index contributed by atoms with van der Waals surface area (Å²) in [6, 6.07) is 11.8. The van der Waals surface area contributed by atoms with Crippen LogP contribution < -0.4 is 5.32 Å². The van der Waals surface area contributed by atoms with Gasteiger partial charge in [0, 0.05) is 18.2 Å². The van der Waals surface area contributed by atoms with Crippen molar-refractivity contribution in [3.63, 3.8) is 0 Å². The summed E-state index contributed by atoms with van der Waals surface area (Å²) in [6.45, 7) is 1.33. The number of amides is 1. The summed E-state index contributed by atoms with van der Waals surface area (Å²) in [5.41, 5.74) is -2.64. The Balaban J connectivity index is 1.96. The summed E-state index contributed by atoms with van der Waals surface area (Å²) >= 11 is 1.48. The van der Waals surface area contributed by atoms with Crippen LogP contribution in [0.5, 0.6) is 0 Å². The van der Waals surface area contributed by atoms with Gasteiger partial charge in [-0.15, -0.1) is 11.8 Å². The monoisotopic (exact) mass is 314 g/mol. The van der Waals surface area contributed by atoms with Gasteiger partial charge in [-0.2, -0.15) is 5.26 Å². The Morgan fingerprint density at radius 3 is 2.82 bits per heavy atom. The van der Waals surface area contributed by atoms with Crippen LogP contribution >= 0.6 is 11.8 Å². The number of benzene rings is 1. The van der Waals surface area contributed by atoms with Crippen molar-refractivity contribution in [2.24, 2.45) is 0 Å². The van der Waals surface area contributed by atoms with E-state index in [1.807, 2.05) is 30.3 Å². The van der Waals surface area contributed by atoms with Gasteiger partial charge in [-0.3, -0.25) is 9.59 Å². The molecule has 0 saturated carbocycles. The molecule has 5 nitrogen and oxygen atoms in total. The fourth-order valence-corrected chi connectivity index (χ4v) is 4.10. The molecule has 2 heterocycles. The third kappa shape index (κ3) is 2.32. The molecule has 2 aliphatic heterocycles. The number of ether oxygens (including phenoxy) is 1. The maximum Gasteiger partial charge on any atom is 0.219 e. The largest absolute Gasteiger partial charge is 0.322 e. The number of carbonyl (C=O) groups is 2. The molecule has 3 atom stereocenters. The van der Waals surface area contributed by atoms with Gasteiger partial charge in [-0.05, 0) is 24.3 Å². The average Bonchev–Trinajstić information content (AvgIpc) is 2.75. The topological polar surface area (TPSA) is 79.2 Å². The van der Waals surface area contributed by atoms with Crippen LogP contribution in [-0.2, 0) is 14.3 Å². The molecule has 1 aromatic carbocycles. The zero-order valence-corrected chi connectivity index (χ0v) is 12.7. The number of thioether (sulfide) groups is 1. The van der Waals surface area contributed by atoms with Crippen molar-refractivity contribution >= 4 is 23.5 Å². The Morgan fingerprint density at radius 1 is 1.45 bits per heavy atom. The summed E-state index contributed by atoms with van der Waals surface area (Å²) in [7, 11) is 0. The number of nitrogens with zero attached hydrogens (tertiary/aromatic N) is 1. The van der Waals surface area contributed by atoms with Crippen molar-refractivity contribution in [3.8, 4) is 6.07 Å². The highest BCUT2D eigenvalue weighted by Crippen LogP contribution is 2.48. The molecule has 6 heteroatoms. The van der Waals surface area contributed by atoms with Crippen molar-refractivity contribution in [1.29, 1.82) is 5.26 Å². The molecule has 2 aliphatic rings. The maximum absolute atomic E-state index is 12.2. The lowest BCUT2D eigenvalue weighted by atomic mass is 10.0. The van der Waals surface area contributed by atoms with Crippen LogP contribution in [0.1, 0.15) is 13.3 Å². The van der Waals surface area contributed by atoms with Gasteiger partial charge in [-0.25, -0.2) is 0 Å². The standard InChI is InChI=1S/C16H14N2O3S/c1-11(19)18-16-9-14(22-12-5-3-2-4-6-12)15(10-17,21-16)8-7-13(16)20/h2-8,14H,9H2,1H3,(H,18,19)/t14-,15+,16-/m1/s1. The molecule has 0 spiro atoms. The second-order valence-corrected chi connectivity index (χ2v) is 6.61. The number of carbonyl (C=O) groups excluding carboxylic acids is 2. The number of hydrogen-bond acceptors (Lipinski definition) is 5. The summed E-state index contributed by atoms with van der Waals surface area (Å²) in [5.74, 6) is -0.689. The molecule has 112 valence electrons. The number of nitrogens with one attached hydrogen (secondary N) is 1. The first-order valence-electron chi connectivity index (χ1n) is 6.85. The first-order valence-corrected chi connectivity index (χ1v) is 7.73. The highest BCUT2D eigenvalue weighted by Gasteiger charge is 2.61. The molecule has 0 aromatic heterocycles. The number of hydrogen-bond donors (Lipinski definition) is 1. The van der Waals surface area contributed by atoms with Crippen molar-refractivity contribution in [1.82, 2.24) is 5.32 Å². The number of ketones is 1. The quantitative estimate of drug-likeness (QED) is 0.920. The lowest BCUT2D eigenvalue weighted by Gasteiger charge is -2.32. The first kappa shape index (κ1) is 14.8. The summed E-state index contributed by atoms with van der Waals surface area (Å²) in [6.07, 6.45) is 3.10. The van der Waals surface area contributed by atoms with Gasteiger partial charge in [0.25, 0.3) is 0 Å². The molecule has 1 saturated heterocycles. The minimum atomic E-state index is -1.43. The molecule has 0 unspecified atom stereocenters. The number of nitriles is 1. The molecule has 0 radical (unpaired) electrons. The molecule has 1 aromatic rings. The van der Waals surface area contributed by atoms with Crippen LogP contribution in [-0.4, -0.2) is 28.3 Å². The molecule has 1 fully saturated rings. The van der Waals surface area contributed by atoms with E-state index in [1.54, 1.807) is 0 Å². The minimum Gasteiger partial charge on any atom is -0.322 e. The van der Waals surface area contributed by atoms with E-state index in [0.29, 0.717) is 0 Å². The Kier molecular flexibility index (Phi) is 3.55. The third-order valence-corrected chi connectivity index (χ3v) is 5.09. The lowest BCUT2D eigenvalue weighted by molar-refractivity contribution is -0.153. The summed E-state index contributed by atoms with van der Waals surface area (Å²) in [5, 5.41) is 11.9. The molecule has 0 aliphatic carbocycles. The van der Waals surface area contributed by atoms with Crippen LogP contribution in [0.4, 0.5) is 0 Å². The zero-order valence-electron chi connectivity index (χ0n) is 11.9. The molecule has 22 heavy (non-hydrogen) atoms. The van der Waals surface area contributed by atoms with Crippen molar-refractivity contribution in [2.45, 2.75) is 34.8 Å². The summed E-state index contributed by atoms with van der Waals surface area (Å²) < 4.78 is 5.78. The summed E-state index contributed by atoms with van der Waals surface area (Å²) in [4.78, 5) is 24.6. The van der Waals surface area contributed by atoms with Gasteiger partial charge < -0.3 is 10.1 Å². The maximum atomic E-state index is 12.2. The van der Waals surface area contributed by atoms with E-state index in [2.05, 4.69) is 11.4 Å². The second-order valence-electron chi connectivity index (χ2n) is 5.34. The highest BCUT2D eigenvalue weighted by atomic mass is 32.2. The first-order chi connectivity index (χ1) is 10.5. The second kappa shape index (κ2) is 5.27. The molecular weight excluding hydrogens is 300 g/mol. The SMILES string of the molecule is CC(=O)N[C@@]12C[C@@H](Sc3ccccc3)[C@@](C#N)(C=CC1=O)O2. The van der Waals surface area contributed by atoms with Crippen LogP contribution in [0.2, 0.25) is 0 Å². The van der Waals surface area contributed by atoms with Crippen LogP contribution in [0, 0.1) is 11.3 Å².